The molecule has 1 saturated heterocycles. The number of amides is 1. The first-order chi connectivity index (χ1) is 10.1. The van der Waals surface area contributed by atoms with Crippen molar-refractivity contribution in [3.8, 4) is 0 Å². The number of piperidine rings is 1. The fraction of sp³-hybridized carbons (Fsp3) is 0.750. The standard InChI is InChI=1S/C16H27N3OS.2ClH/c1-4-14-10-18-15(21-14)11-19(3)16(20)9-12(2)13-5-7-17-8-6-13;;/h10,12-13,17H,4-9,11H2,1-3H3;2*1H. The summed E-state index contributed by atoms with van der Waals surface area (Å²) in [5.41, 5.74) is 0. The van der Waals surface area contributed by atoms with Crippen LogP contribution in [0, 0.1) is 11.8 Å². The van der Waals surface area contributed by atoms with Gasteiger partial charge in [0.15, 0.2) is 0 Å². The van der Waals surface area contributed by atoms with Gasteiger partial charge in [0, 0.05) is 24.5 Å². The monoisotopic (exact) mass is 381 g/mol. The first kappa shape index (κ1) is 22.6. The lowest BCUT2D eigenvalue weighted by Crippen LogP contribution is -2.34. The maximum absolute atomic E-state index is 12.4. The lowest BCUT2D eigenvalue weighted by atomic mass is 9.84. The van der Waals surface area contributed by atoms with E-state index in [1.807, 2.05) is 18.1 Å². The molecule has 2 rings (SSSR count). The van der Waals surface area contributed by atoms with Gasteiger partial charge in [0.1, 0.15) is 5.01 Å². The highest BCUT2D eigenvalue weighted by molar-refractivity contribution is 7.11. The second-order valence-electron chi connectivity index (χ2n) is 6.09. The summed E-state index contributed by atoms with van der Waals surface area (Å²) >= 11 is 1.71. The van der Waals surface area contributed by atoms with Gasteiger partial charge in [-0.1, -0.05) is 13.8 Å². The summed E-state index contributed by atoms with van der Waals surface area (Å²) in [7, 11) is 1.89. The first-order valence-electron chi connectivity index (χ1n) is 7.98. The number of nitrogens with zero attached hydrogens (tertiary/aromatic N) is 2. The zero-order valence-electron chi connectivity index (χ0n) is 14.2. The number of rotatable bonds is 6. The molecule has 0 spiro atoms. The van der Waals surface area contributed by atoms with Gasteiger partial charge in [-0.25, -0.2) is 4.98 Å². The van der Waals surface area contributed by atoms with E-state index in [1.165, 1.54) is 17.7 Å². The Labute approximate surface area is 156 Å². The molecule has 23 heavy (non-hydrogen) atoms. The van der Waals surface area contributed by atoms with E-state index in [0.29, 0.717) is 24.8 Å². The van der Waals surface area contributed by atoms with Crippen LogP contribution in [0.15, 0.2) is 6.20 Å². The number of aryl methyl sites for hydroxylation is 1. The Morgan fingerprint density at radius 2 is 2.09 bits per heavy atom. The molecule has 1 amide bonds. The first-order valence-corrected chi connectivity index (χ1v) is 8.80. The van der Waals surface area contributed by atoms with Crippen molar-refractivity contribution < 1.29 is 4.79 Å². The molecule has 1 aliphatic heterocycles. The van der Waals surface area contributed by atoms with Gasteiger partial charge >= 0.3 is 0 Å². The van der Waals surface area contributed by atoms with Crippen molar-refractivity contribution in [1.82, 2.24) is 15.2 Å². The molecule has 0 aromatic carbocycles. The van der Waals surface area contributed by atoms with E-state index in [2.05, 4.69) is 24.1 Å². The van der Waals surface area contributed by atoms with E-state index in [9.17, 15) is 4.79 Å². The number of carbonyl (C=O) groups excluding carboxylic acids is 1. The van der Waals surface area contributed by atoms with Crippen molar-refractivity contribution in [3.05, 3.63) is 16.1 Å². The quantitative estimate of drug-likeness (QED) is 0.819. The molecule has 1 N–H and O–H groups in total. The summed E-state index contributed by atoms with van der Waals surface area (Å²) in [6.07, 6.45) is 6.00. The van der Waals surface area contributed by atoms with E-state index in [0.717, 1.165) is 24.5 Å². The fourth-order valence-electron chi connectivity index (χ4n) is 2.89. The van der Waals surface area contributed by atoms with E-state index in [-0.39, 0.29) is 30.7 Å². The Morgan fingerprint density at radius 3 is 2.65 bits per heavy atom. The van der Waals surface area contributed by atoms with Crippen LogP contribution in [0.2, 0.25) is 0 Å². The third-order valence-corrected chi connectivity index (χ3v) is 5.56. The largest absolute Gasteiger partial charge is 0.339 e. The van der Waals surface area contributed by atoms with Gasteiger partial charge in [0.05, 0.1) is 6.54 Å². The minimum atomic E-state index is 0. The molecule has 1 aromatic heterocycles. The number of halogens is 2. The van der Waals surface area contributed by atoms with Crippen LogP contribution in [0.1, 0.15) is 43.0 Å². The molecule has 0 bridgehead atoms. The number of hydrogen-bond donors (Lipinski definition) is 1. The summed E-state index contributed by atoms with van der Waals surface area (Å²) in [6.45, 7) is 7.19. The second-order valence-corrected chi connectivity index (χ2v) is 7.29. The lowest BCUT2D eigenvalue weighted by molar-refractivity contribution is -0.131. The number of nitrogens with one attached hydrogen (secondary N) is 1. The summed E-state index contributed by atoms with van der Waals surface area (Å²) in [5.74, 6) is 1.41. The van der Waals surface area contributed by atoms with Gasteiger partial charge in [0.2, 0.25) is 5.91 Å². The molecule has 7 heteroatoms. The zero-order chi connectivity index (χ0) is 15.2. The third kappa shape index (κ3) is 6.96. The SMILES string of the molecule is CCc1cnc(CN(C)C(=O)CC(C)C2CCNCC2)s1.Cl.Cl. The van der Waals surface area contributed by atoms with Crippen molar-refractivity contribution in [2.45, 2.75) is 46.1 Å². The van der Waals surface area contributed by atoms with E-state index < -0.39 is 0 Å². The molecule has 1 aliphatic rings. The Kier molecular flexibility index (Phi) is 11.1. The highest BCUT2D eigenvalue weighted by Crippen LogP contribution is 2.25. The highest BCUT2D eigenvalue weighted by atomic mass is 35.5. The maximum Gasteiger partial charge on any atom is 0.222 e. The van der Waals surface area contributed by atoms with Crippen LogP contribution in [-0.2, 0) is 17.8 Å². The smallest absolute Gasteiger partial charge is 0.222 e. The minimum Gasteiger partial charge on any atom is -0.339 e. The Hall–Kier alpha value is -0.360. The van der Waals surface area contributed by atoms with Crippen molar-refractivity contribution in [2.24, 2.45) is 11.8 Å². The maximum atomic E-state index is 12.4. The predicted octanol–water partition coefficient (Wildman–Crippen LogP) is 3.53. The summed E-state index contributed by atoms with van der Waals surface area (Å²) < 4.78 is 0. The van der Waals surface area contributed by atoms with Gasteiger partial charge in [0.25, 0.3) is 0 Å². The van der Waals surface area contributed by atoms with E-state index in [1.54, 1.807) is 11.3 Å². The molecule has 1 unspecified atom stereocenters. The molecule has 4 nitrogen and oxygen atoms in total. The van der Waals surface area contributed by atoms with Gasteiger partial charge < -0.3 is 10.2 Å². The topological polar surface area (TPSA) is 45.2 Å². The Morgan fingerprint density at radius 1 is 1.43 bits per heavy atom. The number of hydrogen-bond acceptors (Lipinski definition) is 4. The zero-order valence-corrected chi connectivity index (χ0v) is 16.7. The molecule has 1 fully saturated rings. The van der Waals surface area contributed by atoms with E-state index in [4.69, 9.17) is 0 Å². The Bertz CT molecular complexity index is 464. The van der Waals surface area contributed by atoms with Crippen molar-refractivity contribution in [1.29, 1.82) is 0 Å². The fourth-order valence-corrected chi connectivity index (χ4v) is 3.80. The molecule has 0 radical (unpaired) electrons. The average Bonchev–Trinajstić information content (AvgIpc) is 2.95. The minimum absolute atomic E-state index is 0. The van der Waals surface area contributed by atoms with Crippen molar-refractivity contribution in [3.63, 3.8) is 0 Å². The highest BCUT2D eigenvalue weighted by Gasteiger charge is 2.23. The van der Waals surface area contributed by atoms with Gasteiger partial charge in [-0.05, 0) is 44.2 Å². The number of thiazole rings is 1. The third-order valence-electron chi connectivity index (χ3n) is 4.43. The van der Waals surface area contributed by atoms with Crippen LogP contribution in [-0.4, -0.2) is 35.9 Å². The number of aromatic nitrogens is 1. The van der Waals surface area contributed by atoms with E-state index >= 15 is 0 Å². The molecule has 134 valence electrons. The second kappa shape index (κ2) is 11.2. The Balaban J connectivity index is 0.00000242. The summed E-state index contributed by atoms with van der Waals surface area (Å²) in [4.78, 5) is 19.9. The van der Waals surface area contributed by atoms with Crippen molar-refractivity contribution in [2.75, 3.05) is 20.1 Å². The molecular weight excluding hydrogens is 353 g/mol. The van der Waals surface area contributed by atoms with Crippen LogP contribution in [0.3, 0.4) is 0 Å². The van der Waals surface area contributed by atoms with Crippen molar-refractivity contribution >= 4 is 42.1 Å². The van der Waals surface area contributed by atoms with Gasteiger partial charge in [-0.3, -0.25) is 4.79 Å². The predicted molar refractivity (Wildman–Crippen MR) is 102 cm³/mol. The molecule has 0 saturated carbocycles. The van der Waals surface area contributed by atoms with Gasteiger partial charge in [-0.15, -0.1) is 36.2 Å². The van der Waals surface area contributed by atoms with Crippen LogP contribution in [0.4, 0.5) is 0 Å². The van der Waals surface area contributed by atoms with Crippen LogP contribution < -0.4 is 5.32 Å². The van der Waals surface area contributed by atoms with Crippen LogP contribution >= 0.6 is 36.2 Å². The van der Waals surface area contributed by atoms with Crippen LogP contribution in [0.25, 0.3) is 0 Å². The lowest BCUT2D eigenvalue weighted by Gasteiger charge is -2.29. The molecular formula is C16H29Cl2N3OS. The summed E-state index contributed by atoms with van der Waals surface area (Å²) in [5, 5.41) is 4.42. The number of carbonyl (C=O) groups is 1. The normalized spacial score (nSPS) is 16.1. The van der Waals surface area contributed by atoms with Gasteiger partial charge in [-0.2, -0.15) is 0 Å². The summed E-state index contributed by atoms with van der Waals surface area (Å²) in [6, 6.07) is 0. The van der Waals surface area contributed by atoms with Crippen LogP contribution in [0.5, 0.6) is 0 Å². The molecule has 2 heterocycles. The molecule has 1 aromatic rings. The average molecular weight is 382 g/mol. The molecule has 1 atom stereocenters. The molecule has 0 aliphatic carbocycles.